The summed E-state index contributed by atoms with van der Waals surface area (Å²) in [4.78, 5) is 16.0. The second-order valence-electron chi connectivity index (χ2n) is 7.64. The second-order valence-corrected chi connectivity index (χ2v) is 8.90. The number of hydrogen-bond acceptors (Lipinski definition) is 6. The van der Waals surface area contributed by atoms with Crippen LogP contribution < -0.4 is 5.32 Å². The summed E-state index contributed by atoms with van der Waals surface area (Å²) in [5.41, 5.74) is 0.774. The van der Waals surface area contributed by atoms with Gasteiger partial charge in [0, 0.05) is 19.2 Å². The smallest absolute Gasteiger partial charge is 0.273 e. The van der Waals surface area contributed by atoms with Crippen LogP contribution in [0.3, 0.4) is 0 Å². The standard InChI is InChI=1S/C24H25F2N5O2S/c1-16(33-3)23(32)31-24(18-8-5-4-6-9-18,12-7-13-28-17(2)29-15-27)34-22(30-31)20-14-19(25)10-11-21(20)26/h4-6,8-11,14,16H,7,12-13H2,1-3H3,(H,28,29)/t16-,24?/m0/s1. The first-order valence-corrected chi connectivity index (χ1v) is 11.5. The molecule has 1 aliphatic rings. The predicted octanol–water partition coefficient (Wildman–Crippen LogP) is 4.36. The molecule has 0 bridgehead atoms. The first-order valence-electron chi connectivity index (χ1n) is 10.6. The Morgan fingerprint density at radius 2 is 2.06 bits per heavy atom. The number of halogens is 2. The van der Waals surface area contributed by atoms with E-state index >= 15 is 0 Å². The monoisotopic (exact) mass is 485 g/mol. The molecule has 1 N–H and O–H groups in total. The van der Waals surface area contributed by atoms with Crippen molar-refractivity contribution in [3.63, 3.8) is 0 Å². The second kappa shape index (κ2) is 11.2. The van der Waals surface area contributed by atoms with Crippen LogP contribution in [0.15, 0.2) is 58.6 Å². The van der Waals surface area contributed by atoms with Crippen LogP contribution in [-0.4, -0.2) is 41.6 Å². The lowest BCUT2D eigenvalue weighted by atomic mass is 9.99. The van der Waals surface area contributed by atoms with Gasteiger partial charge in [0.25, 0.3) is 5.91 Å². The molecule has 1 unspecified atom stereocenters. The lowest BCUT2D eigenvalue weighted by molar-refractivity contribution is -0.144. The number of ether oxygens (including phenoxy) is 1. The third-order valence-electron chi connectivity index (χ3n) is 5.38. The Morgan fingerprint density at radius 3 is 2.74 bits per heavy atom. The molecule has 1 heterocycles. The van der Waals surface area contributed by atoms with E-state index in [9.17, 15) is 13.6 Å². The zero-order chi connectivity index (χ0) is 24.7. The normalized spacial score (nSPS) is 18.9. The Morgan fingerprint density at radius 1 is 1.32 bits per heavy atom. The number of amidine groups is 1. The number of carbonyl (C=O) groups excluding carboxylic acids is 1. The highest BCUT2D eigenvalue weighted by Crippen LogP contribution is 2.50. The van der Waals surface area contributed by atoms with Gasteiger partial charge in [-0.1, -0.05) is 42.1 Å². The van der Waals surface area contributed by atoms with Gasteiger partial charge in [-0.25, -0.2) is 13.8 Å². The Labute approximate surface area is 201 Å². The molecule has 2 atom stereocenters. The summed E-state index contributed by atoms with van der Waals surface area (Å²) in [6.45, 7) is 3.78. The molecule has 178 valence electrons. The van der Waals surface area contributed by atoms with E-state index < -0.39 is 28.5 Å². The van der Waals surface area contributed by atoms with Gasteiger partial charge in [0.2, 0.25) is 6.19 Å². The van der Waals surface area contributed by atoms with Gasteiger partial charge < -0.3 is 10.1 Å². The third-order valence-corrected chi connectivity index (χ3v) is 6.83. The van der Waals surface area contributed by atoms with Crippen molar-refractivity contribution in [3.05, 3.63) is 71.3 Å². The van der Waals surface area contributed by atoms with Crippen molar-refractivity contribution in [2.45, 2.75) is 37.7 Å². The number of hydrogen-bond donors (Lipinski definition) is 1. The number of amides is 1. The maximum absolute atomic E-state index is 14.7. The number of rotatable bonds is 8. The average molecular weight is 486 g/mol. The Bertz CT molecular complexity index is 1140. The van der Waals surface area contributed by atoms with Crippen LogP contribution in [0.25, 0.3) is 0 Å². The van der Waals surface area contributed by atoms with Gasteiger partial charge in [0.1, 0.15) is 33.5 Å². The zero-order valence-corrected chi connectivity index (χ0v) is 19.9. The summed E-state index contributed by atoms with van der Waals surface area (Å²) in [6, 6.07) is 12.5. The van der Waals surface area contributed by atoms with Crippen LogP contribution in [0.5, 0.6) is 0 Å². The molecule has 1 aliphatic heterocycles. The zero-order valence-electron chi connectivity index (χ0n) is 19.1. The van der Waals surface area contributed by atoms with Crippen molar-refractivity contribution in [2.24, 2.45) is 10.1 Å². The summed E-state index contributed by atoms with van der Waals surface area (Å²) in [6.07, 6.45) is 1.93. The number of benzene rings is 2. The van der Waals surface area contributed by atoms with E-state index in [0.29, 0.717) is 25.2 Å². The molecule has 1 amide bonds. The van der Waals surface area contributed by atoms with E-state index in [2.05, 4.69) is 15.4 Å². The minimum absolute atomic E-state index is 0.0131. The SMILES string of the molecule is CO[C@@H](C)C(=O)N1N=C(c2cc(F)ccc2F)SC1(CCCN/C(C)=N/C#N)c1ccccc1. The molecule has 10 heteroatoms. The van der Waals surface area contributed by atoms with E-state index in [0.717, 1.165) is 23.8 Å². The fraction of sp³-hybridized carbons (Fsp3) is 0.333. The molecule has 34 heavy (non-hydrogen) atoms. The van der Waals surface area contributed by atoms with Crippen molar-refractivity contribution >= 4 is 28.5 Å². The van der Waals surface area contributed by atoms with E-state index in [-0.39, 0.29) is 10.6 Å². The van der Waals surface area contributed by atoms with Crippen LogP contribution in [-0.2, 0) is 14.4 Å². The van der Waals surface area contributed by atoms with E-state index in [4.69, 9.17) is 10.00 Å². The summed E-state index contributed by atoms with van der Waals surface area (Å²) in [7, 11) is 1.42. The molecule has 7 nitrogen and oxygen atoms in total. The van der Waals surface area contributed by atoms with Gasteiger partial charge in [0.15, 0.2) is 0 Å². The number of aliphatic imine (C=N–C) groups is 1. The predicted molar refractivity (Wildman–Crippen MR) is 128 cm³/mol. The summed E-state index contributed by atoms with van der Waals surface area (Å²) < 4.78 is 33.9. The van der Waals surface area contributed by atoms with Gasteiger partial charge >= 0.3 is 0 Å². The first kappa shape index (κ1) is 25.3. The molecule has 0 spiro atoms. The molecule has 0 fully saturated rings. The molecule has 0 radical (unpaired) electrons. The summed E-state index contributed by atoms with van der Waals surface area (Å²) in [5, 5.41) is 17.8. The minimum Gasteiger partial charge on any atom is -0.373 e. The molecular weight excluding hydrogens is 460 g/mol. The number of methoxy groups -OCH3 is 1. The lowest BCUT2D eigenvalue weighted by Crippen LogP contribution is -2.46. The molecule has 0 aromatic heterocycles. The van der Waals surface area contributed by atoms with E-state index in [1.54, 1.807) is 20.0 Å². The first-order chi connectivity index (χ1) is 16.3. The van der Waals surface area contributed by atoms with Crippen molar-refractivity contribution in [2.75, 3.05) is 13.7 Å². The van der Waals surface area contributed by atoms with Gasteiger partial charge in [-0.05, 0) is 50.5 Å². The Hall–Kier alpha value is -3.29. The number of thioether (sulfide) groups is 1. The van der Waals surface area contributed by atoms with Gasteiger partial charge in [-0.15, -0.1) is 0 Å². The Kier molecular flexibility index (Phi) is 8.36. The van der Waals surface area contributed by atoms with Gasteiger partial charge in [0.05, 0.1) is 0 Å². The fourth-order valence-corrected chi connectivity index (χ4v) is 4.98. The van der Waals surface area contributed by atoms with Crippen molar-refractivity contribution in [1.82, 2.24) is 10.3 Å². The number of hydrazone groups is 1. The van der Waals surface area contributed by atoms with Crippen molar-refractivity contribution in [3.8, 4) is 6.19 Å². The van der Waals surface area contributed by atoms with Crippen LogP contribution in [0, 0.1) is 23.1 Å². The highest BCUT2D eigenvalue weighted by molar-refractivity contribution is 8.15. The van der Waals surface area contributed by atoms with Crippen molar-refractivity contribution in [1.29, 1.82) is 5.26 Å². The van der Waals surface area contributed by atoms with Gasteiger partial charge in [-0.2, -0.15) is 15.4 Å². The largest absolute Gasteiger partial charge is 0.373 e. The highest BCUT2D eigenvalue weighted by atomic mass is 32.2. The third kappa shape index (κ3) is 5.43. The molecular formula is C24H25F2N5O2S. The van der Waals surface area contributed by atoms with Crippen LogP contribution in [0.2, 0.25) is 0 Å². The summed E-state index contributed by atoms with van der Waals surface area (Å²) >= 11 is 1.20. The van der Waals surface area contributed by atoms with E-state index in [1.807, 2.05) is 30.3 Å². The van der Waals surface area contributed by atoms with E-state index in [1.165, 1.54) is 23.9 Å². The summed E-state index contributed by atoms with van der Waals surface area (Å²) in [5.74, 6) is -1.15. The molecule has 2 aromatic rings. The number of nitriles is 1. The van der Waals surface area contributed by atoms with Crippen LogP contribution >= 0.6 is 11.8 Å². The number of carbonyl (C=O) groups is 1. The number of nitrogens with one attached hydrogen (secondary N) is 1. The maximum atomic E-state index is 14.7. The molecule has 2 aromatic carbocycles. The quantitative estimate of drug-likeness (QED) is 0.260. The topological polar surface area (TPSA) is 90.1 Å². The molecule has 0 aliphatic carbocycles. The Balaban J connectivity index is 2.04. The lowest BCUT2D eigenvalue weighted by Gasteiger charge is -2.37. The van der Waals surface area contributed by atoms with Crippen LogP contribution in [0.1, 0.15) is 37.8 Å². The molecule has 0 saturated heterocycles. The van der Waals surface area contributed by atoms with Crippen molar-refractivity contribution < 1.29 is 18.3 Å². The maximum Gasteiger partial charge on any atom is 0.273 e. The average Bonchev–Trinajstić information content (AvgIpc) is 3.23. The van der Waals surface area contributed by atoms with Crippen LogP contribution in [0.4, 0.5) is 8.78 Å². The minimum atomic E-state index is -1.01. The fourth-order valence-electron chi connectivity index (χ4n) is 3.56. The van der Waals surface area contributed by atoms with Gasteiger partial charge in [-0.3, -0.25) is 4.79 Å². The number of nitrogens with zero attached hydrogens (tertiary/aromatic N) is 4. The highest BCUT2D eigenvalue weighted by Gasteiger charge is 2.49. The molecule has 3 rings (SSSR count). The molecule has 0 saturated carbocycles.